The zero-order chi connectivity index (χ0) is 26.1. The van der Waals surface area contributed by atoms with Crippen molar-refractivity contribution in [2.75, 3.05) is 43.8 Å². The summed E-state index contributed by atoms with van der Waals surface area (Å²) >= 11 is 0. The van der Waals surface area contributed by atoms with Gasteiger partial charge in [0.1, 0.15) is 0 Å². The van der Waals surface area contributed by atoms with Crippen LogP contribution in [0.5, 0.6) is 0 Å². The molecular weight excluding hydrogens is 480 g/mol. The third-order valence-electron chi connectivity index (χ3n) is 6.33. The van der Waals surface area contributed by atoms with Crippen molar-refractivity contribution in [1.82, 2.24) is 15.5 Å². The van der Waals surface area contributed by atoms with Gasteiger partial charge in [-0.1, -0.05) is 30.3 Å². The lowest BCUT2D eigenvalue weighted by Crippen LogP contribution is -2.42. The molecule has 9 nitrogen and oxygen atoms in total. The Bertz CT molecular complexity index is 1150. The fourth-order valence-electron chi connectivity index (χ4n) is 4.15. The molecule has 2 N–H and O–H groups in total. The van der Waals surface area contributed by atoms with Crippen LogP contribution in [-0.2, 0) is 19.6 Å². The molecule has 1 saturated heterocycles. The molecule has 2 aromatic rings. The van der Waals surface area contributed by atoms with Gasteiger partial charge in [0.25, 0.3) is 5.91 Å². The summed E-state index contributed by atoms with van der Waals surface area (Å²) in [5, 5.41) is 5.83. The predicted molar refractivity (Wildman–Crippen MR) is 139 cm³/mol. The summed E-state index contributed by atoms with van der Waals surface area (Å²) in [6, 6.07) is 16.2. The van der Waals surface area contributed by atoms with E-state index < -0.39 is 10.0 Å². The van der Waals surface area contributed by atoms with Crippen molar-refractivity contribution >= 4 is 33.4 Å². The van der Waals surface area contributed by atoms with Crippen molar-refractivity contribution in [2.45, 2.75) is 31.6 Å². The van der Waals surface area contributed by atoms with Crippen LogP contribution >= 0.6 is 0 Å². The van der Waals surface area contributed by atoms with Crippen LogP contribution in [0.2, 0.25) is 0 Å². The summed E-state index contributed by atoms with van der Waals surface area (Å²) in [6.07, 6.45) is 3.38. The summed E-state index contributed by atoms with van der Waals surface area (Å²) < 4.78 is 24.7. The van der Waals surface area contributed by atoms with E-state index in [-0.39, 0.29) is 30.2 Å². The van der Waals surface area contributed by atoms with Gasteiger partial charge in [0.2, 0.25) is 21.8 Å². The minimum Gasteiger partial charge on any atom is -0.356 e. The lowest BCUT2D eigenvalue weighted by Gasteiger charge is -2.24. The molecule has 0 aliphatic carbocycles. The van der Waals surface area contributed by atoms with Crippen LogP contribution < -0.4 is 14.9 Å². The van der Waals surface area contributed by atoms with E-state index in [2.05, 4.69) is 10.6 Å². The molecule has 36 heavy (non-hydrogen) atoms. The smallest absolute Gasteiger partial charge is 0.254 e. The number of anilines is 1. The van der Waals surface area contributed by atoms with Crippen molar-refractivity contribution in [3.05, 3.63) is 65.7 Å². The zero-order valence-corrected chi connectivity index (χ0v) is 21.6. The molecule has 0 bridgehead atoms. The lowest BCUT2D eigenvalue weighted by atomic mass is 9.91. The molecule has 1 fully saturated rings. The van der Waals surface area contributed by atoms with Gasteiger partial charge in [0.15, 0.2) is 0 Å². The Morgan fingerprint density at radius 3 is 2.28 bits per heavy atom. The van der Waals surface area contributed by atoms with E-state index in [1.165, 1.54) is 11.9 Å². The highest BCUT2D eigenvalue weighted by atomic mass is 32.2. The lowest BCUT2D eigenvalue weighted by molar-refractivity contribution is -0.123. The number of amides is 3. The second-order valence-corrected chi connectivity index (χ2v) is 11.0. The molecular formula is C26H34N4O5S. The molecule has 0 aromatic heterocycles. The first-order valence-electron chi connectivity index (χ1n) is 12.1. The van der Waals surface area contributed by atoms with E-state index in [4.69, 9.17) is 0 Å². The van der Waals surface area contributed by atoms with Crippen LogP contribution in [0.25, 0.3) is 0 Å². The van der Waals surface area contributed by atoms with Gasteiger partial charge in [-0.3, -0.25) is 18.7 Å². The number of carbonyl (C=O) groups excluding carboxylic acids is 3. The Hall–Kier alpha value is -3.40. The SMILES string of the molecule is CN(c1ccc(C(=O)N2CCCNC(=O)CCC(c3ccccc3)CCNC(=O)C2)cc1)S(C)(=O)=O. The van der Waals surface area contributed by atoms with Gasteiger partial charge in [-0.25, -0.2) is 8.42 Å². The van der Waals surface area contributed by atoms with Crippen molar-refractivity contribution in [2.24, 2.45) is 0 Å². The monoisotopic (exact) mass is 514 g/mol. The van der Waals surface area contributed by atoms with Crippen LogP contribution in [0.15, 0.2) is 54.6 Å². The fourth-order valence-corrected chi connectivity index (χ4v) is 4.65. The van der Waals surface area contributed by atoms with E-state index >= 15 is 0 Å². The minimum absolute atomic E-state index is 0.0273. The van der Waals surface area contributed by atoms with E-state index in [0.29, 0.717) is 56.6 Å². The number of rotatable bonds is 4. The van der Waals surface area contributed by atoms with Crippen molar-refractivity contribution in [3.63, 3.8) is 0 Å². The van der Waals surface area contributed by atoms with E-state index in [1.807, 2.05) is 30.3 Å². The maximum absolute atomic E-state index is 13.2. The van der Waals surface area contributed by atoms with E-state index in [0.717, 1.165) is 16.1 Å². The maximum Gasteiger partial charge on any atom is 0.254 e. The Kier molecular flexibility index (Phi) is 9.46. The summed E-state index contributed by atoms with van der Waals surface area (Å²) in [7, 11) is -1.98. The van der Waals surface area contributed by atoms with Gasteiger partial charge in [-0.15, -0.1) is 0 Å². The average Bonchev–Trinajstić information content (AvgIpc) is 2.86. The van der Waals surface area contributed by atoms with Crippen LogP contribution in [0, 0.1) is 0 Å². The predicted octanol–water partition coefficient (Wildman–Crippen LogP) is 2.11. The fraction of sp³-hybridized carbons (Fsp3) is 0.423. The summed E-state index contributed by atoms with van der Waals surface area (Å²) in [5.41, 5.74) is 1.92. The van der Waals surface area contributed by atoms with Crippen LogP contribution in [-0.4, -0.2) is 70.5 Å². The van der Waals surface area contributed by atoms with Crippen LogP contribution in [0.3, 0.4) is 0 Å². The molecule has 1 heterocycles. The number of benzene rings is 2. The number of nitrogens with one attached hydrogen (secondary N) is 2. The highest BCUT2D eigenvalue weighted by Crippen LogP contribution is 2.24. The van der Waals surface area contributed by atoms with Crippen molar-refractivity contribution in [1.29, 1.82) is 0 Å². The average molecular weight is 515 g/mol. The standard InChI is InChI=1S/C26H34N4O5S/c1-29(36(2,34)35)23-12-9-22(10-13-23)26(33)30-18-6-16-27-24(31)14-11-21(15-17-28-25(32)19-30)20-7-4-3-5-8-20/h3-5,7-10,12-13,21H,6,11,14-19H2,1-2H3,(H,27,31)(H,28,32). The van der Waals surface area contributed by atoms with Gasteiger partial charge in [-0.05, 0) is 55.0 Å². The first-order valence-corrected chi connectivity index (χ1v) is 13.9. The molecule has 10 heteroatoms. The largest absolute Gasteiger partial charge is 0.356 e. The Labute approximate surface area is 212 Å². The second kappa shape index (κ2) is 12.5. The zero-order valence-electron chi connectivity index (χ0n) is 20.8. The van der Waals surface area contributed by atoms with Gasteiger partial charge in [0.05, 0.1) is 18.5 Å². The topological polar surface area (TPSA) is 116 Å². The van der Waals surface area contributed by atoms with Gasteiger partial charge < -0.3 is 15.5 Å². The first kappa shape index (κ1) is 27.2. The number of nitrogens with zero attached hydrogens (tertiary/aromatic N) is 2. The highest BCUT2D eigenvalue weighted by Gasteiger charge is 2.21. The van der Waals surface area contributed by atoms with Crippen LogP contribution in [0.1, 0.15) is 47.5 Å². The molecule has 0 spiro atoms. The highest BCUT2D eigenvalue weighted by molar-refractivity contribution is 7.92. The number of sulfonamides is 1. The van der Waals surface area contributed by atoms with Crippen molar-refractivity contribution < 1.29 is 22.8 Å². The van der Waals surface area contributed by atoms with Gasteiger partial charge in [-0.2, -0.15) is 0 Å². The Balaban J connectivity index is 1.70. The van der Waals surface area contributed by atoms with Crippen LogP contribution in [0.4, 0.5) is 5.69 Å². The molecule has 3 amide bonds. The molecule has 1 aliphatic heterocycles. The Morgan fingerprint density at radius 2 is 1.61 bits per heavy atom. The normalized spacial score (nSPS) is 18.5. The third kappa shape index (κ3) is 7.81. The molecule has 1 atom stereocenters. The number of hydrogen-bond donors (Lipinski definition) is 2. The molecule has 0 radical (unpaired) electrons. The molecule has 1 aliphatic rings. The maximum atomic E-state index is 13.2. The summed E-state index contributed by atoms with van der Waals surface area (Å²) in [6.45, 7) is 1.03. The summed E-state index contributed by atoms with van der Waals surface area (Å²) in [4.78, 5) is 39.7. The Morgan fingerprint density at radius 1 is 0.944 bits per heavy atom. The minimum atomic E-state index is -3.42. The molecule has 1 unspecified atom stereocenters. The van der Waals surface area contributed by atoms with Gasteiger partial charge >= 0.3 is 0 Å². The van der Waals surface area contributed by atoms with Gasteiger partial charge in [0, 0.05) is 38.7 Å². The first-order chi connectivity index (χ1) is 17.1. The molecule has 194 valence electrons. The third-order valence-corrected chi connectivity index (χ3v) is 7.54. The molecule has 3 rings (SSSR count). The number of carbonyl (C=O) groups is 3. The second-order valence-electron chi connectivity index (χ2n) is 8.99. The molecule has 0 saturated carbocycles. The number of hydrogen-bond acceptors (Lipinski definition) is 5. The van der Waals surface area contributed by atoms with E-state index in [1.54, 1.807) is 24.3 Å². The van der Waals surface area contributed by atoms with Crippen molar-refractivity contribution in [3.8, 4) is 0 Å². The summed E-state index contributed by atoms with van der Waals surface area (Å²) in [5.74, 6) is -0.467. The quantitative estimate of drug-likeness (QED) is 0.649. The van der Waals surface area contributed by atoms with E-state index in [9.17, 15) is 22.8 Å². The molecule has 2 aromatic carbocycles.